The molecule has 4 nitrogen and oxygen atoms in total. The Morgan fingerprint density at radius 3 is 3.07 bits per heavy atom. The number of aromatic nitrogens is 3. The molecule has 1 aliphatic heterocycles. The largest absolute Gasteiger partial charge is 0.380 e. The minimum atomic E-state index is 0.786. The van der Waals surface area contributed by atoms with Crippen LogP contribution in [0.25, 0.3) is 5.57 Å². The van der Waals surface area contributed by atoms with Gasteiger partial charge < -0.3 is 4.90 Å². The van der Waals surface area contributed by atoms with Crippen molar-refractivity contribution in [3.8, 4) is 0 Å². The highest BCUT2D eigenvalue weighted by Gasteiger charge is 2.06. The molecule has 0 amide bonds. The van der Waals surface area contributed by atoms with E-state index in [0.717, 1.165) is 30.2 Å². The van der Waals surface area contributed by atoms with Gasteiger partial charge in [0, 0.05) is 19.2 Å². The third kappa shape index (κ3) is 1.84. The Morgan fingerprint density at radius 2 is 2.36 bits per heavy atom. The first-order valence-electron chi connectivity index (χ1n) is 4.73. The standard InChI is InChI=1S/C10H14N4/c1-8-11-10(13-12-8)9-4-3-6-14(2)7-5-9/h4-5,7H,3,6H2,1-2H3,(H,11,12,13). The van der Waals surface area contributed by atoms with Gasteiger partial charge in [0.1, 0.15) is 5.82 Å². The van der Waals surface area contributed by atoms with E-state index < -0.39 is 0 Å². The number of nitrogens with one attached hydrogen (secondary N) is 1. The van der Waals surface area contributed by atoms with Crippen molar-refractivity contribution in [1.82, 2.24) is 20.1 Å². The molecule has 0 fully saturated rings. The van der Waals surface area contributed by atoms with Crippen molar-refractivity contribution in [3.63, 3.8) is 0 Å². The van der Waals surface area contributed by atoms with Crippen LogP contribution in [-0.2, 0) is 0 Å². The Bertz CT molecular complexity index is 375. The van der Waals surface area contributed by atoms with E-state index in [-0.39, 0.29) is 0 Å². The SMILES string of the molecule is Cc1nc(C2=CCCN(C)C=C2)n[nH]1. The maximum Gasteiger partial charge on any atom is 0.180 e. The molecular weight excluding hydrogens is 176 g/mol. The molecule has 1 aromatic rings. The van der Waals surface area contributed by atoms with E-state index in [1.165, 1.54) is 0 Å². The molecule has 2 rings (SSSR count). The Kier molecular flexibility index (Phi) is 2.35. The van der Waals surface area contributed by atoms with Crippen LogP contribution in [0.5, 0.6) is 0 Å². The molecule has 0 atom stereocenters. The summed E-state index contributed by atoms with van der Waals surface area (Å²) in [4.78, 5) is 6.45. The summed E-state index contributed by atoms with van der Waals surface area (Å²) < 4.78 is 0. The average molecular weight is 190 g/mol. The lowest BCUT2D eigenvalue weighted by Crippen LogP contribution is -2.09. The summed E-state index contributed by atoms with van der Waals surface area (Å²) >= 11 is 0. The molecule has 0 spiro atoms. The molecule has 74 valence electrons. The molecular formula is C10H14N4. The van der Waals surface area contributed by atoms with Crippen molar-refractivity contribution in [1.29, 1.82) is 0 Å². The van der Waals surface area contributed by atoms with Crippen molar-refractivity contribution in [2.75, 3.05) is 13.6 Å². The summed E-state index contributed by atoms with van der Waals surface area (Å²) in [7, 11) is 2.07. The Labute approximate surface area is 83.3 Å². The van der Waals surface area contributed by atoms with Crippen LogP contribution >= 0.6 is 0 Å². The molecule has 0 aromatic carbocycles. The van der Waals surface area contributed by atoms with Gasteiger partial charge in [-0.2, -0.15) is 5.10 Å². The summed E-state index contributed by atoms with van der Waals surface area (Å²) in [6.07, 6.45) is 7.31. The van der Waals surface area contributed by atoms with Crippen LogP contribution in [-0.4, -0.2) is 33.7 Å². The van der Waals surface area contributed by atoms with Gasteiger partial charge in [-0.3, -0.25) is 5.10 Å². The predicted octanol–water partition coefficient (Wildman–Crippen LogP) is 1.35. The Hall–Kier alpha value is -1.58. The Morgan fingerprint density at radius 1 is 1.50 bits per heavy atom. The maximum absolute atomic E-state index is 4.30. The molecule has 14 heavy (non-hydrogen) atoms. The van der Waals surface area contributed by atoms with E-state index in [1.807, 2.05) is 6.92 Å². The zero-order chi connectivity index (χ0) is 9.97. The molecule has 0 radical (unpaired) electrons. The normalized spacial score (nSPS) is 16.7. The average Bonchev–Trinajstić information content (AvgIpc) is 2.46. The number of hydrogen-bond acceptors (Lipinski definition) is 3. The van der Waals surface area contributed by atoms with Gasteiger partial charge in [-0.25, -0.2) is 4.98 Å². The molecule has 0 bridgehead atoms. The highest BCUT2D eigenvalue weighted by molar-refractivity contribution is 5.69. The molecule has 0 saturated carbocycles. The second-order valence-electron chi connectivity index (χ2n) is 3.49. The van der Waals surface area contributed by atoms with Gasteiger partial charge >= 0.3 is 0 Å². The van der Waals surface area contributed by atoms with Crippen molar-refractivity contribution >= 4 is 5.57 Å². The van der Waals surface area contributed by atoms with Crippen LogP contribution in [0.15, 0.2) is 18.4 Å². The number of allylic oxidation sites excluding steroid dienone is 2. The molecule has 2 heterocycles. The van der Waals surface area contributed by atoms with E-state index in [0.29, 0.717) is 0 Å². The molecule has 1 aromatic heterocycles. The number of H-pyrrole nitrogens is 1. The lowest BCUT2D eigenvalue weighted by atomic mass is 10.2. The fourth-order valence-corrected chi connectivity index (χ4v) is 1.41. The van der Waals surface area contributed by atoms with Crippen LogP contribution < -0.4 is 0 Å². The van der Waals surface area contributed by atoms with Crippen molar-refractivity contribution < 1.29 is 0 Å². The number of rotatable bonds is 1. The molecule has 4 heteroatoms. The van der Waals surface area contributed by atoms with E-state index in [9.17, 15) is 0 Å². The summed E-state index contributed by atoms with van der Waals surface area (Å²) in [5, 5.41) is 6.98. The van der Waals surface area contributed by atoms with E-state index in [2.05, 4.69) is 45.5 Å². The number of aromatic amines is 1. The van der Waals surface area contributed by atoms with E-state index in [1.54, 1.807) is 0 Å². The number of hydrogen-bond donors (Lipinski definition) is 1. The van der Waals surface area contributed by atoms with Crippen LogP contribution in [0, 0.1) is 6.92 Å². The molecule has 0 unspecified atom stereocenters. The smallest absolute Gasteiger partial charge is 0.180 e. The molecule has 1 aliphatic rings. The van der Waals surface area contributed by atoms with Crippen LogP contribution in [0.2, 0.25) is 0 Å². The number of nitrogens with zero attached hydrogens (tertiary/aromatic N) is 3. The van der Waals surface area contributed by atoms with Gasteiger partial charge in [0.15, 0.2) is 5.82 Å². The van der Waals surface area contributed by atoms with Crippen molar-refractivity contribution in [2.45, 2.75) is 13.3 Å². The third-order valence-electron chi connectivity index (χ3n) is 2.21. The molecule has 1 N–H and O–H groups in total. The minimum Gasteiger partial charge on any atom is -0.380 e. The van der Waals surface area contributed by atoms with Crippen molar-refractivity contribution in [2.24, 2.45) is 0 Å². The van der Waals surface area contributed by atoms with Crippen LogP contribution in [0.1, 0.15) is 18.1 Å². The third-order valence-corrected chi connectivity index (χ3v) is 2.21. The zero-order valence-electron chi connectivity index (χ0n) is 8.49. The summed E-state index contributed by atoms with van der Waals surface area (Å²) in [5.41, 5.74) is 1.10. The monoisotopic (exact) mass is 190 g/mol. The second kappa shape index (κ2) is 3.65. The lowest BCUT2D eigenvalue weighted by molar-refractivity contribution is 0.468. The van der Waals surface area contributed by atoms with Gasteiger partial charge in [-0.05, 0) is 25.6 Å². The summed E-state index contributed by atoms with van der Waals surface area (Å²) in [5.74, 6) is 1.64. The van der Waals surface area contributed by atoms with Crippen molar-refractivity contribution in [3.05, 3.63) is 30.0 Å². The molecule has 0 saturated heterocycles. The maximum atomic E-state index is 4.30. The highest BCUT2D eigenvalue weighted by atomic mass is 15.2. The first kappa shape index (κ1) is 8.99. The Balaban J connectivity index is 2.25. The van der Waals surface area contributed by atoms with Crippen LogP contribution in [0.3, 0.4) is 0 Å². The highest BCUT2D eigenvalue weighted by Crippen LogP contribution is 2.15. The van der Waals surface area contributed by atoms with E-state index >= 15 is 0 Å². The van der Waals surface area contributed by atoms with Crippen LogP contribution in [0.4, 0.5) is 0 Å². The topological polar surface area (TPSA) is 44.8 Å². The second-order valence-corrected chi connectivity index (χ2v) is 3.49. The summed E-state index contributed by atoms with van der Waals surface area (Å²) in [6.45, 7) is 2.95. The zero-order valence-corrected chi connectivity index (χ0v) is 8.49. The summed E-state index contributed by atoms with van der Waals surface area (Å²) in [6, 6.07) is 0. The first-order chi connectivity index (χ1) is 6.75. The van der Waals surface area contributed by atoms with Gasteiger partial charge in [-0.1, -0.05) is 6.08 Å². The van der Waals surface area contributed by atoms with Gasteiger partial charge in [0.25, 0.3) is 0 Å². The fourth-order valence-electron chi connectivity index (χ4n) is 1.41. The first-order valence-corrected chi connectivity index (χ1v) is 4.73. The van der Waals surface area contributed by atoms with E-state index in [4.69, 9.17) is 0 Å². The van der Waals surface area contributed by atoms with Gasteiger partial charge in [0.05, 0.1) is 0 Å². The lowest BCUT2D eigenvalue weighted by Gasteiger charge is -2.08. The van der Waals surface area contributed by atoms with Gasteiger partial charge in [-0.15, -0.1) is 0 Å². The minimum absolute atomic E-state index is 0.786. The predicted molar refractivity (Wildman–Crippen MR) is 55.5 cm³/mol. The number of aryl methyl sites for hydroxylation is 1. The van der Waals surface area contributed by atoms with Gasteiger partial charge in [0.2, 0.25) is 0 Å². The molecule has 0 aliphatic carbocycles. The fraction of sp³-hybridized carbons (Fsp3) is 0.400. The quantitative estimate of drug-likeness (QED) is 0.727.